The SMILES string of the molecule is CCNC(c1ccc2c(c1)COC2)c1ccc(CC)o1. The first kappa shape index (κ1) is 13.4. The highest BCUT2D eigenvalue weighted by atomic mass is 16.5. The Morgan fingerprint density at radius 2 is 1.95 bits per heavy atom. The van der Waals surface area contributed by atoms with Gasteiger partial charge in [0.25, 0.3) is 0 Å². The Kier molecular flexibility index (Phi) is 3.90. The Labute approximate surface area is 119 Å². The van der Waals surface area contributed by atoms with E-state index in [9.17, 15) is 0 Å². The van der Waals surface area contributed by atoms with Crippen molar-refractivity contribution in [1.82, 2.24) is 5.32 Å². The molecule has 0 aliphatic carbocycles. The van der Waals surface area contributed by atoms with E-state index in [-0.39, 0.29) is 6.04 Å². The van der Waals surface area contributed by atoms with Crippen molar-refractivity contribution in [3.8, 4) is 0 Å². The van der Waals surface area contributed by atoms with Gasteiger partial charge in [0.1, 0.15) is 11.5 Å². The average molecular weight is 271 g/mol. The maximum Gasteiger partial charge on any atom is 0.125 e. The highest BCUT2D eigenvalue weighted by molar-refractivity contribution is 5.37. The molecule has 1 N–H and O–H groups in total. The first-order valence-corrected chi connectivity index (χ1v) is 7.33. The Bertz CT molecular complexity index is 588. The molecule has 1 unspecified atom stereocenters. The number of benzene rings is 1. The van der Waals surface area contributed by atoms with Gasteiger partial charge in [-0.05, 0) is 35.4 Å². The average Bonchev–Trinajstić information content (AvgIpc) is 3.12. The summed E-state index contributed by atoms with van der Waals surface area (Å²) in [7, 11) is 0. The zero-order valence-electron chi connectivity index (χ0n) is 12.1. The molecule has 0 spiro atoms. The minimum atomic E-state index is 0.117. The fourth-order valence-corrected chi connectivity index (χ4v) is 2.70. The van der Waals surface area contributed by atoms with Crippen LogP contribution in [0, 0.1) is 0 Å². The van der Waals surface area contributed by atoms with Gasteiger partial charge in [0, 0.05) is 6.42 Å². The number of hydrogen-bond donors (Lipinski definition) is 1. The van der Waals surface area contributed by atoms with Gasteiger partial charge >= 0.3 is 0 Å². The molecule has 20 heavy (non-hydrogen) atoms. The molecule has 0 saturated carbocycles. The number of ether oxygens (including phenoxy) is 1. The van der Waals surface area contributed by atoms with Crippen molar-refractivity contribution in [2.45, 2.75) is 39.5 Å². The minimum Gasteiger partial charge on any atom is -0.464 e. The molecule has 1 aliphatic rings. The molecule has 0 radical (unpaired) electrons. The molecule has 0 fully saturated rings. The Morgan fingerprint density at radius 1 is 1.10 bits per heavy atom. The van der Waals surface area contributed by atoms with Crippen LogP contribution >= 0.6 is 0 Å². The van der Waals surface area contributed by atoms with Crippen LogP contribution in [0.5, 0.6) is 0 Å². The van der Waals surface area contributed by atoms with Crippen LogP contribution < -0.4 is 5.32 Å². The summed E-state index contributed by atoms with van der Waals surface area (Å²) < 4.78 is 11.4. The van der Waals surface area contributed by atoms with Crippen molar-refractivity contribution in [1.29, 1.82) is 0 Å². The van der Waals surface area contributed by atoms with Crippen molar-refractivity contribution in [2.75, 3.05) is 6.54 Å². The molecule has 0 amide bonds. The molecular weight excluding hydrogens is 250 g/mol. The standard InChI is InChI=1S/C17H21NO2/c1-3-15-7-8-16(20-15)17(18-4-2)12-5-6-13-10-19-11-14(13)9-12/h5-9,17-18H,3-4,10-11H2,1-2H3. The molecule has 106 valence electrons. The van der Waals surface area contributed by atoms with Gasteiger partial charge in [-0.25, -0.2) is 0 Å². The summed E-state index contributed by atoms with van der Waals surface area (Å²) in [6, 6.07) is 10.8. The van der Waals surface area contributed by atoms with Gasteiger partial charge < -0.3 is 14.5 Å². The topological polar surface area (TPSA) is 34.4 Å². The smallest absolute Gasteiger partial charge is 0.125 e. The number of rotatable bonds is 5. The number of furan rings is 1. The van der Waals surface area contributed by atoms with E-state index in [1.54, 1.807) is 0 Å². The van der Waals surface area contributed by atoms with Crippen molar-refractivity contribution in [3.63, 3.8) is 0 Å². The number of hydrogen-bond acceptors (Lipinski definition) is 3. The van der Waals surface area contributed by atoms with E-state index in [4.69, 9.17) is 9.15 Å². The van der Waals surface area contributed by atoms with E-state index in [2.05, 4.69) is 49.5 Å². The minimum absolute atomic E-state index is 0.117. The van der Waals surface area contributed by atoms with Gasteiger partial charge in [0.2, 0.25) is 0 Å². The van der Waals surface area contributed by atoms with E-state index in [0.717, 1.165) is 37.7 Å². The van der Waals surface area contributed by atoms with E-state index < -0.39 is 0 Å². The number of aryl methyl sites for hydroxylation is 1. The fourth-order valence-electron chi connectivity index (χ4n) is 2.70. The summed E-state index contributed by atoms with van der Waals surface area (Å²) in [6.07, 6.45) is 0.927. The normalized spacial score (nSPS) is 15.3. The predicted molar refractivity (Wildman–Crippen MR) is 78.5 cm³/mol. The van der Waals surface area contributed by atoms with E-state index in [1.165, 1.54) is 16.7 Å². The van der Waals surface area contributed by atoms with Crippen LogP contribution in [0.1, 0.15) is 48.1 Å². The monoisotopic (exact) mass is 271 g/mol. The molecule has 3 heteroatoms. The van der Waals surface area contributed by atoms with Gasteiger partial charge in [0.15, 0.2) is 0 Å². The molecule has 2 heterocycles. The molecule has 1 aromatic heterocycles. The summed E-state index contributed by atoms with van der Waals surface area (Å²) in [5.41, 5.74) is 3.85. The molecule has 1 aliphatic heterocycles. The first-order valence-electron chi connectivity index (χ1n) is 7.33. The number of fused-ring (bicyclic) bond motifs is 1. The second-order valence-corrected chi connectivity index (χ2v) is 5.17. The highest BCUT2D eigenvalue weighted by Crippen LogP contribution is 2.28. The molecule has 3 rings (SSSR count). The zero-order chi connectivity index (χ0) is 13.9. The lowest BCUT2D eigenvalue weighted by molar-refractivity contribution is 0.134. The molecule has 0 saturated heterocycles. The summed E-state index contributed by atoms with van der Waals surface area (Å²) in [4.78, 5) is 0. The van der Waals surface area contributed by atoms with Crippen LogP contribution in [0.2, 0.25) is 0 Å². The second kappa shape index (κ2) is 5.81. The quantitative estimate of drug-likeness (QED) is 0.902. The van der Waals surface area contributed by atoms with E-state index in [1.807, 2.05) is 0 Å². The predicted octanol–water partition coefficient (Wildman–Crippen LogP) is 3.57. The Balaban J connectivity index is 1.93. The molecular formula is C17H21NO2. The Morgan fingerprint density at radius 3 is 2.70 bits per heavy atom. The number of nitrogens with one attached hydrogen (secondary N) is 1. The molecule has 0 bridgehead atoms. The van der Waals surface area contributed by atoms with Crippen molar-refractivity contribution < 1.29 is 9.15 Å². The van der Waals surface area contributed by atoms with E-state index in [0.29, 0.717) is 0 Å². The van der Waals surface area contributed by atoms with E-state index >= 15 is 0 Å². The maximum absolute atomic E-state index is 5.93. The lowest BCUT2D eigenvalue weighted by atomic mass is 9.99. The summed E-state index contributed by atoms with van der Waals surface area (Å²) >= 11 is 0. The van der Waals surface area contributed by atoms with Crippen LogP contribution in [0.3, 0.4) is 0 Å². The van der Waals surface area contributed by atoms with Gasteiger partial charge in [0.05, 0.1) is 19.3 Å². The maximum atomic E-state index is 5.93. The lowest BCUT2D eigenvalue weighted by Crippen LogP contribution is -2.21. The fraction of sp³-hybridized carbons (Fsp3) is 0.412. The van der Waals surface area contributed by atoms with Crippen molar-refractivity contribution in [3.05, 3.63) is 58.5 Å². The second-order valence-electron chi connectivity index (χ2n) is 5.17. The van der Waals surface area contributed by atoms with Crippen LogP contribution in [-0.4, -0.2) is 6.54 Å². The lowest BCUT2D eigenvalue weighted by Gasteiger charge is -2.17. The third kappa shape index (κ3) is 2.51. The molecule has 1 atom stereocenters. The molecule has 3 nitrogen and oxygen atoms in total. The van der Waals surface area contributed by atoms with Crippen LogP contribution in [0.4, 0.5) is 0 Å². The molecule has 1 aromatic carbocycles. The third-order valence-electron chi connectivity index (χ3n) is 3.80. The zero-order valence-corrected chi connectivity index (χ0v) is 12.1. The van der Waals surface area contributed by atoms with Crippen molar-refractivity contribution in [2.24, 2.45) is 0 Å². The Hall–Kier alpha value is -1.58. The first-order chi connectivity index (χ1) is 9.81. The van der Waals surface area contributed by atoms with Gasteiger partial charge in [-0.3, -0.25) is 0 Å². The third-order valence-corrected chi connectivity index (χ3v) is 3.80. The van der Waals surface area contributed by atoms with Crippen LogP contribution in [0.25, 0.3) is 0 Å². The van der Waals surface area contributed by atoms with Crippen molar-refractivity contribution >= 4 is 0 Å². The van der Waals surface area contributed by atoms with Gasteiger partial charge in [-0.15, -0.1) is 0 Å². The summed E-state index contributed by atoms with van der Waals surface area (Å²) in [6.45, 7) is 6.59. The van der Waals surface area contributed by atoms with Gasteiger partial charge in [-0.1, -0.05) is 32.0 Å². The largest absolute Gasteiger partial charge is 0.464 e. The van der Waals surface area contributed by atoms with Gasteiger partial charge in [-0.2, -0.15) is 0 Å². The summed E-state index contributed by atoms with van der Waals surface area (Å²) in [5, 5.41) is 3.51. The molecule has 2 aromatic rings. The van der Waals surface area contributed by atoms with Crippen LogP contribution in [0.15, 0.2) is 34.7 Å². The van der Waals surface area contributed by atoms with Crippen LogP contribution in [-0.2, 0) is 24.4 Å². The summed E-state index contributed by atoms with van der Waals surface area (Å²) in [5.74, 6) is 2.02. The highest BCUT2D eigenvalue weighted by Gasteiger charge is 2.19.